The predicted octanol–water partition coefficient (Wildman–Crippen LogP) is 7.89. The Labute approximate surface area is 201 Å². The minimum absolute atomic E-state index is 0.0281. The molecule has 36 heavy (non-hydrogen) atoms. The molecule has 188 valence electrons. The number of halogens is 7. The Morgan fingerprint density at radius 1 is 0.722 bits per heavy atom. The summed E-state index contributed by atoms with van der Waals surface area (Å²) in [6.45, 7) is 0.271. The Morgan fingerprint density at radius 2 is 1.42 bits per heavy atom. The fourth-order valence-corrected chi connectivity index (χ4v) is 4.00. The minimum Gasteiger partial charge on any atom is -0.399 e. The summed E-state index contributed by atoms with van der Waals surface area (Å²) >= 11 is 0. The first kappa shape index (κ1) is 25.5. The third-order valence-corrected chi connectivity index (χ3v) is 5.65. The van der Waals surface area contributed by atoms with Gasteiger partial charge in [-0.05, 0) is 64.7 Å². The van der Waals surface area contributed by atoms with Crippen molar-refractivity contribution in [1.29, 1.82) is 0 Å². The molecule has 0 unspecified atom stereocenters. The van der Waals surface area contributed by atoms with Crippen LogP contribution in [0.15, 0.2) is 60.7 Å². The zero-order valence-corrected chi connectivity index (χ0v) is 18.9. The molecule has 2 nitrogen and oxygen atoms in total. The van der Waals surface area contributed by atoms with Crippen molar-refractivity contribution < 1.29 is 40.2 Å². The van der Waals surface area contributed by atoms with Gasteiger partial charge < -0.3 is 9.47 Å². The van der Waals surface area contributed by atoms with Crippen LogP contribution in [0.2, 0.25) is 0 Å². The van der Waals surface area contributed by atoms with Crippen LogP contribution >= 0.6 is 0 Å². The second-order valence-electron chi connectivity index (χ2n) is 8.16. The van der Waals surface area contributed by atoms with Gasteiger partial charge >= 0.3 is 6.36 Å². The molecule has 0 heterocycles. The lowest BCUT2D eigenvalue weighted by Gasteiger charge is -2.12. The SMILES string of the molecule is COCc1ccc(-c2ccc3c(F)c(CCc4cc(F)c(OC(F)(F)F)c(F)c4)ccc3c2)c(F)c1. The third kappa shape index (κ3) is 5.62. The maximum Gasteiger partial charge on any atom is 0.573 e. The lowest BCUT2D eigenvalue weighted by Crippen LogP contribution is -2.19. The molecule has 0 saturated heterocycles. The Kier molecular flexibility index (Phi) is 7.21. The fourth-order valence-electron chi connectivity index (χ4n) is 4.00. The van der Waals surface area contributed by atoms with E-state index in [0.717, 1.165) is 12.1 Å². The molecule has 0 N–H and O–H groups in total. The molecule has 0 saturated carbocycles. The number of rotatable bonds is 7. The number of aryl methyl sites for hydroxylation is 2. The number of hydrogen-bond donors (Lipinski definition) is 0. The Hall–Kier alpha value is -3.59. The van der Waals surface area contributed by atoms with E-state index >= 15 is 4.39 Å². The second kappa shape index (κ2) is 10.2. The topological polar surface area (TPSA) is 18.5 Å². The molecule has 0 spiro atoms. The van der Waals surface area contributed by atoms with Crippen LogP contribution in [0.5, 0.6) is 5.75 Å². The summed E-state index contributed by atoms with van der Waals surface area (Å²) in [5, 5.41) is 0.804. The van der Waals surface area contributed by atoms with E-state index in [9.17, 15) is 26.3 Å². The zero-order valence-electron chi connectivity index (χ0n) is 18.9. The molecule has 0 aliphatic heterocycles. The first-order chi connectivity index (χ1) is 17.1. The van der Waals surface area contributed by atoms with Crippen LogP contribution in [0.1, 0.15) is 16.7 Å². The van der Waals surface area contributed by atoms with Gasteiger partial charge in [-0.3, -0.25) is 0 Å². The van der Waals surface area contributed by atoms with E-state index in [2.05, 4.69) is 4.74 Å². The largest absolute Gasteiger partial charge is 0.573 e. The van der Waals surface area contributed by atoms with Crippen LogP contribution < -0.4 is 4.74 Å². The van der Waals surface area contributed by atoms with E-state index in [1.807, 2.05) is 0 Å². The van der Waals surface area contributed by atoms with Crippen LogP contribution in [0.4, 0.5) is 30.7 Å². The van der Waals surface area contributed by atoms with Crippen molar-refractivity contribution in [3.63, 3.8) is 0 Å². The first-order valence-corrected chi connectivity index (χ1v) is 10.8. The van der Waals surface area contributed by atoms with E-state index in [1.54, 1.807) is 30.3 Å². The number of ether oxygens (including phenoxy) is 2. The van der Waals surface area contributed by atoms with Gasteiger partial charge in [0.15, 0.2) is 11.6 Å². The van der Waals surface area contributed by atoms with Crippen LogP contribution in [-0.4, -0.2) is 13.5 Å². The molecule has 4 aromatic rings. The number of alkyl halides is 3. The van der Waals surface area contributed by atoms with Gasteiger partial charge in [-0.2, -0.15) is 0 Å². The van der Waals surface area contributed by atoms with Crippen molar-refractivity contribution >= 4 is 10.8 Å². The van der Waals surface area contributed by atoms with Crippen molar-refractivity contribution in [2.75, 3.05) is 7.11 Å². The van der Waals surface area contributed by atoms with Crippen molar-refractivity contribution in [2.45, 2.75) is 25.8 Å². The summed E-state index contributed by atoms with van der Waals surface area (Å²) in [5.41, 5.74) is 1.88. The second-order valence-corrected chi connectivity index (χ2v) is 8.16. The molecule has 0 amide bonds. The summed E-state index contributed by atoms with van der Waals surface area (Å²) in [4.78, 5) is 0. The first-order valence-electron chi connectivity index (χ1n) is 10.8. The zero-order chi connectivity index (χ0) is 26.0. The number of benzene rings is 4. The van der Waals surface area contributed by atoms with E-state index in [4.69, 9.17) is 4.74 Å². The lowest BCUT2D eigenvalue weighted by atomic mass is 9.96. The fraction of sp³-hybridized carbons (Fsp3) is 0.185. The average molecular weight is 508 g/mol. The van der Waals surface area contributed by atoms with Gasteiger partial charge in [0.2, 0.25) is 5.75 Å². The molecule has 0 aliphatic carbocycles. The molecule has 4 aromatic carbocycles. The highest BCUT2D eigenvalue weighted by molar-refractivity contribution is 5.88. The smallest absolute Gasteiger partial charge is 0.399 e. The van der Waals surface area contributed by atoms with Crippen LogP contribution in [0.25, 0.3) is 21.9 Å². The molecule has 0 fully saturated rings. The Morgan fingerprint density at radius 3 is 2.06 bits per heavy atom. The van der Waals surface area contributed by atoms with Gasteiger partial charge in [0.1, 0.15) is 11.6 Å². The standard InChI is InChI=1S/C27H19F7O2/c1-35-14-16-3-8-20(22(28)12-16)18-7-9-21-19(13-18)6-5-17(25(21)31)4-2-15-10-23(29)26(24(30)11-15)36-27(32,33)34/h3,5-13H,2,4,14H2,1H3. The molecule has 0 aliphatic rings. The van der Waals surface area contributed by atoms with Gasteiger partial charge in [-0.1, -0.05) is 36.4 Å². The highest BCUT2D eigenvalue weighted by Gasteiger charge is 2.34. The Bertz CT molecular complexity index is 1390. The molecular formula is C27H19F7O2. The van der Waals surface area contributed by atoms with E-state index in [-0.39, 0.29) is 36.0 Å². The molecule has 0 bridgehead atoms. The molecule has 4 rings (SSSR count). The lowest BCUT2D eigenvalue weighted by molar-refractivity contribution is -0.276. The van der Waals surface area contributed by atoms with Gasteiger partial charge in [-0.15, -0.1) is 13.2 Å². The summed E-state index contributed by atoms with van der Waals surface area (Å²) in [7, 11) is 1.51. The normalized spacial score (nSPS) is 11.8. The minimum atomic E-state index is -5.24. The Balaban J connectivity index is 1.55. The van der Waals surface area contributed by atoms with Crippen LogP contribution in [0, 0.1) is 23.3 Å². The van der Waals surface area contributed by atoms with Crippen molar-refractivity contribution in [1.82, 2.24) is 0 Å². The van der Waals surface area contributed by atoms with Crippen molar-refractivity contribution in [3.8, 4) is 16.9 Å². The highest BCUT2D eigenvalue weighted by Crippen LogP contribution is 2.32. The van der Waals surface area contributed by atoms with Crippen molar-refractivity contribution in [2.24, 2.45) is 0 Å². The summed E-state index contributed by atoms with van der Waals surface area (Å²) in [5.74, 6) is -5.53. The van der Waals surface area contributed by atoms with Crippen LogP contribution in [0.3, 0.4) is 0 Å². The van der Waals surface area contributed by atoms with Crippen molar-refractivity contribution in [3.05, 3.63) is 101 Å². The summed E-state index contributed by atoms with van der Waals surface area (Å²) in [6, 6.07) is 14.1. The van der Waals surface area contributed by atoms with E-state index in [1.165, 1.54) is 25.3 Å². The van der Waals surface area contributed by atoms with E-state index in [0.29, 0.717) is 22.1 Å². The number of fused-ring (bicyclic) bond motifs is 1. The molecule has 9 heteroatoms. The van der Waals surface area contributed by atoms with E-state index < -0.39 is 35.4 Å². The van der Waals surface area contributed by atoms with Crippen LogP contribution in [-0.2, 0) is 24.2 Å². The van der Waals surface area contributed by atoms with Gasteiger partial charge in [-0.25, -0.2) is 17.6 Å². The third-order valence-electron chi connectivity index (χ3n) is 5.65. The number of methoxy groups -OCH3 is 1. The van der Waals surface area contributed by atoms with Gasteiger partial charge in [0.05, 0.1) is 6.61 Å². The highest BCUT2D eigenvalue weighted by atomic mass is 19.4. The molecular weight excluding hydrogens is 489 g/mol. The maximum absolute atomic E-state index is 15.2. The molecule has 0 aromatic heterocycles. The maximum atomic E-state index is 15.2. The average Bonchev–Trinajstić information content (AvgIpc) is 2.80. The van der Waals surface area contributed by atoms with Gasteiger partial charge in [0, 0.05) is 18.1 Å². The monoisotopic (exact) mass is 508 g/mol. The molecule has 0 atom stereocenters. The molecule has 0 radical (unpaired) electrons. The summed E-state index contributed by atoms with van der Waals surface area (Å²) in [6.07, 6.45) is -5.23. The summed E-state index contributed by atoms with van der Waals surface area (Å²) < 4.78 is 103. The number of hydrogen-bond acceptors (Lipinski definition) is 2. The predicted molar refractivity (Wildman–Crippen MR) is 120 cm³/mol. The quantitative estimate of drug-likeness (QED) is 0.236. The van der Waals surface area contributed by atoms with Gasteiger partial charge in [0.25, 0.3) is 0 Å².